The van der Waals surface area contributed by atoms with Crippen LogP contribution in [0.1, 0.15) is 83.8 Å². The van der Waals surface area contributed by atoms with Gasteiger partial charge in [-0.3, -0.25) is 9.78 Å². The van der Waals surface area contributed by atoms with Crippen LogP contribution in [0.25, 0.3) is 22.4 Å². The zero-order chi connectivity index (χ0) is 29.1. The van der Waals surface area contributed by atoms with Crippen molar-refractivity contribution in [3.05, 3.63) is 110 Å². The average Bonchev–Trinajstić information content (AvgIpc) is 3.25. The zero-order valence-electron chi connectivity index (χ0n) is 23.4. The first-order valence-electron chi connectivity index (χ1n) is 14.3. The molecule has 4 aromatic rings. The second-order valence-corrected chi connectivity index (χ2v) is 12.0. The van der Waals surface area contributed by atoms with Crippen LogP contribution in [0, 0.1) is 5.82 Å². The van der Waals surface area contributed by atoms with Gasteiger partial charge in [0.1, 0.15) is 5.82 Å². The van der Waals surface area contributed by atoms with Crippen molar-refractivity contribution in [2.45, 2.75) is 71.3 Å². The zero-order valence-corrected chi connectivity index (χ0v) is 25.0. The molecule has 3 nitrogen and oxygen atoms in total. The summed E-state index contributed by atoms with van der Waals surface area (Å²) in [4.78, 5) is 16.6. The van der Waals surface area contributed by atoms with E-state index in [0.717, 1.165) is 98.9 Å². The molecule has 3 aromatic carbocycles. The van der Waals surface area contributed by atoms with E-state index < -0.39 is 0 Å². The van der Waals surface area contributed by atoms with Crippen LogP contribution >= 0.6 is 23.2 Å². The third-order valence-corrected chi connectivity index (χ3v) is 8.40. The Labute approximate surface area is 251 Å². The normalized spacial score (nSPS) is 14.3. The SMILES string of the molecule is CC(C)c1nc2c(c(-c3ccc(F)cc3)c1CO)CCCc1cc(Cl)ccc1-2.O=C1CCCCc2cc(Cl)ccc21. The Hall–Kier alpha value is -3.05. The topological polar surface area (TPSA) is 50.2 Å². The molecule has 1 aromatic heterocycles. The number of hydrogen-bond acceptors (Lipinski definition) is 3. The van der Waals surface area contributed by atoms with Crippen LogP contribution in [-0.4, -0.2) is 15.9 Å². The second-order valence-electron chi connectivity index (χ2n) is 11.1. The number of carbonyl (C=O) groups excluding carboxylic acids is 1. The maximum absolute atomic E-state index is 13.6. The van der Waals surface area contributed by atoms with Crippen LogP contribution in [-0.2, 0) is 25.9 Å². The van der Waals surface area contributed by atoms with E-state index in [9.17, 15) is 14.3 Å². The monoisotopic (exact) mass is 589 g/mol. The van der Waals surface area contributed by atoms with Gasteiger partial charge < -0.3 is 5.11 Å². The number of rotatable bonds is 3. The van der Waals surface area contributed by atoms with Crippen LogP contribution in [0.15, 0.2) is 60.7 Å². The first kappa shape index (κ1) is 29.4. The summed E-state index contributed by atoms with van der Waals surface area (Å²) in [7, 11) is 0. The van der Waals surface area contributed by atoms with E-state index in [-0.39, 0.29) is 24.1 Å². The first-order valence-corrected chi connectivity index (χ1v) is 15.0. The fraction of sp³-hybridized carbons (Fsp3) is 0.314. The highest BCUT2D eigenvalue weighted by atomic mass is 35.5. The van der Waals surface area contributed by atoms with E-state index in [1.807, 2.05) is 30.3 Å². The number of pyridine rings is 1. The lowest BCUT2D eigenvalue weighted by Gasteiger charge is -2.22. The third-order valence-electron chi connectivity index (χ3n) is 7.93. The molecule has 212 valence electrons. The fourth-order valence-electron chi connectivity index (χ4n) is 5.99. The Morgan fingerprint density at radius 2 is 1.44 bits per heavy atom. The number of halogens is 3. The number of nitrogens with zero attached hydrogens (tertiary/aromatic N) is 1. The Balaban J connectivity index is 0.000000216. The summed E-state index contributed by atoms with van der Waals surface area (Å²) in [6.07, 6.45) is 6.54. The molecular weight excluding hydrogens is 556 g/mol. The number of carbonyl (C=O) groups is 1. The van der Waals surface area contributed by atoms with Gasteiger partial charge >= 0.3 is 0 Å². The van der Waals surface area contributed by atoms with E-state index in [2.05, 4.69) is 13.8 Å². The van der Waals surface area contributed by atoms with Crippen molar-refractivity contribution in [1.29, 1.82) is 0 Å². The molecule has 0 spiro atoms. The number of hydrogen-bond donors (Lipinski definition) is 1. The van der Waals surface area contributed by atoms with Crippen LogP contribution in [0.4, 0.5) is 4.39 Å². The number of Topliss-reactive ketones (excluding diaryl/α,β-unsaturated/α-hetero) is 1. The molecule has 2 aliphatic carbocycles. The third kappa shape index (κ3) is 6.40. The lowest BCUT2D eigenvalue weighted by Crippen LogP contribution is -2.09. The quantitative estimate of drug-likeness (QED) is 0.242. The predicted octanol–water partition coefficient (Wildman–Crippen LogP) is 9.56. The van der Waals surface area contributed by atoms with Gasteiger partial charge in [0.15, 0.2) is 5.78 Å². The van der Waals surface area contributed by atoms with E-state index >= 15 is 0 Å². The van der Waals surface area contributed by atoms with Crippen molar-refractivity contribution in [3.63, 3.8) is 0 Å². The van der Waals surface area contributed by atoms with Crippen molar-refractivity contribution < 1.29 is 14.3 Å². The summed E-state index contributed by atoms with van der Waals surface area (Å²) in [6, 6.07) is 18.1. The van der Waals surface area contributed by atoms with E-state index in [1.165, 1.54) is 17.7 Å². The van der Waals surface area contributed by atoms with Crippen molar-refractivity contribution in [2.75, 3.05) is 0 Å². The van der Waals surface area contributed by atoms with Crippen LogP contribution < -0.4 is 0 Å². The highest BCUT2D eigenvalue weighted by molar-refractivity contribution is 6.31. The summed E-state index contributed by atoms with van der Waals surface area (Å²) >= 11 is 12.1. The van der Waals surface area contributed by atoms with Gasteiger partial charge in [-0.15, -0.1) is 0 Å². The standard InChI is InChI=1S/C24H23ClFNO.C11H11ClO/c1-14(2)23-21(13-28)22(15-6-9-18(26)10-7-15)20-5-3-4-16-12-17(25)8-11-19(16)24(20)27-23;12-9-5-6-10-8(7-9)3-1-2-4-11(10)13/h6-12,14,28H,3-5,13H2,1-2H3;5-7H,1-4H2. The molecule has 0 atom stereocenters. The van der Waals surface area contributed by atoms with E-state index in [0.29, 0.717) is 6.42 Å². The fourth-order valence-corrected chi connectivity index (χ4v) is 6.37. The number of aromatic nitrogens is 1. The van der Waals surface area contributed by atoms with Crippen molar-refractivity contribution in [2.24, 2.45) is 0 Å². The van der Waals surface area contributed by atoms with E-state index in [1.54, 1.807) is 18.2 Å². The summed E-state index contributed by atoms with van der Waals surface area (Å²) in [6.45, 7) is 4.08. The molecule has 1 heterocycles. The lowest BCUT2D eigenvalue weighted by atomic mass is 9.87. The number of ketones is 1. The maximum Gasteiger partial charge on any atom is 0.163 e. The minimum absolute atomic E-state index is 0.0893. The molecule has 0 radical (unpaired) electrons. The lowest BCUT2D eigenvalue weighted by molar-refractivity contribution is 0.0982. The minimum Gasteiger partial charge on any atom is -0.392 e. The molecule has 0 unspecified atom stereocenters. The number of aliphatic hydroxyl groups excluding tert-OH is 1. The van der Waals surface area contributed by atoms with Crippen LogP contribution in [0.2, 0.25) is 10.0 Å². The Morgan fingerprint density at radius 3 is 2.10 bits per heavy atom. The minimum atomic E-state index is -0.265. The van der Waals surface area contributed by atoms with Gasteiger partial charge in [-0.2, -0.15) is 0 Å². The van der Waals surface area contributed by atoms with Gasteiger partial charge in [0.05, 0.1) is 12.3 Å². The van der Waals surface area contributed by atoms with Gasteiger partial charge in [-0.1, -0.05) is 55.2 Å². The largest absolute Gasteiger partial charge is 0.392 e. The first-order chi connectivity index (χ1) is 19.8. The molecule has 41 heavy (non-hydrogen) atoms. The Morgan fingerprint density at radius 1 is 0.829 bits per heavy atom. The van der Waals surface area contributed by atoms with Crippen LogP contribution in [0.3, 0.4) is 0 Å². The molecule has 0 aliphatic heterocycles. The molecule has 0 saturated carbocycles. The van der Waals surface area contributed by atoms with Crippen LogP contribution in [0.5, 0.6) is 0 Å². The molecular formula is C35H34Cl2FNO2. The van der Waals surface area contributed by atoms with E-state index in [4.69, 9.17) is 28.2 Å². The molecule has 0 saturated heterocycles. The summed E-state index contributed by atoms with van der Waals surface area (Å²) in [5.41, 5.74) is 10.0. The molecule has 0 fully saturated rings. The molecule has 6 rings (SSSR count). The summed E-state index contributed by atoms with van der Waals surface area (Å²) in [5.74, 6) is 0.160. The summed E-state index contributed by atoms with van der Waals surface area (Å²) in [5, 5.41) is 11.7. The molecule has 1 N–H and O–H groups in total. The Kier molecular flexibility index (Phi) is 9.23. The maximum atomic E-state index is 13.6. The Bertz CT molecular complexity index is 1580. The molecule has 0 amide bonds. The molecule has 6 heteroatoms. The molecule has 2 aliphatic rings. The number of fused-ring (bicyclic) bond motifs is 4. The smallest absolute Gasteiger partial charge is 0.163 e. The summed E-state index contributed by atoms with van der Waals surface area (Å²) < 4.78 is 13.6. The number of aryl methyl sites for hydroxylation is 2. The molecule has 0 bridgehead atoms. The number of aliphatic hydroxyl groups is 1. The average molecular weight is 591 g/mol. The van der Waals surface area contributed by atoms with Gasteiger partial charge in [0.2, 0.25) is 0 Å². The van der Waals surface area contributed by atoms with Crippen molar-refractivity contribution in [3.8, 4) is 22.4 Å². The van der Waals surface area contributed by atoms with Gasteiger partial charge in [-0.05, 0) is 115 Å². The van der Waals surface area contributed by atoms with Crippen molar-refractivity contribution in [1.82, 2.24) is 4.98 Å². The predicted molar refractivity (Wildman–Crippen MR) is 165 cm³/mol. The van der Waals surface area contributed by atoms with Crippen molar-refractivity contribution >= 4 is 29.0 Å². The highest BCUT2D eigenvalue weighted by Gasteiger charge is 2.25. The highest BCUT2D eigenvalue weighted by Crippen LogP contribution is 2.42. The van der Waals surface area contributed by atoms with Gasteiger partial charge in [0.25, 0.3) is 0 Å². The second kappa shape index (κ2) is 12.9. The van der Waals surface area contributed by atoms with Gasteiger partial charge in [-0.25, -0.2) is 4.39 Å². The van der Waals surface area contributed by atoms with Gasteiger partial charge in [0, 0.05) is 38.9 Å². The number of benzene rings is 3.